The molecule has 6 nitrogen and oxygen atoms in total. The SMILES string of the molecule is CCCCCCCCCCCC[C@@H](O)[C@@H](O)[C@H](CO)NC(=O)[C@H](O)CCCCCCCCCCCCCCCCCCCCC(C)C. The number of hydrogen-bond acceptors (Lipinski definition) is 5. The van der Waals surface area contributed by atoms with E-state index in [0.717, 1.165) is 44.4 Å². The second kappa shape index (κ2) is 35.1. The molecule has 282 valence electrons. The van der Waals surface area contributed by atoms with Gasteiger partial charge in [-0.3, -0.25) is 4.79 Å². The quantitative estimate of drug-likeness (QED) is 0.0423. The Morgan fingerprint density at radius 1 is 0.489 bits per heavy atom. The second-order valence-corrected chi connectivity index (χ2v) is 15.2. The van der Waals surface area contributed by atoms with Crippen molar-refractivity contribution < 1.29 is 25.2 Å². The third-order valence-electron chi connectivity index (χ3n) is 10.00. The lowest BCUT2D eigenvalue weighted by atomic mass is 9.99. The molecule has 0 saturated heterocycles. The third-order valence-corrected chi connectivity index (χ3v) is 10.00. The van der Waals surface area contributed by atoms with Crippen molar-refractivity contribution in [2.24, 2.45) is 5.92 Å². The molecule has 0 saturated carbocycles. The highest BCUT2D eigenvalue weighted by Gasteiger charge is 2.28. The van der Waals surface area contributed by atoms with Crippen LogP contribution >= 0.6 is 0 Å². The van der Waals surface area contributed by atoms with Crippen molar-refractivity contribution in [1.29, 1.82) is 0 Å². The first-order valence-corrected chi connectivity index (χ1v) is 20.8. The lowest BCUT2D eigenvalue weighted by Crippen LogP contribution is -2.53. The average Bonchev–Trinajstić information content (AvgIpc) is 3.06. The first-order valence-electron chi connectivity index (χ1n) is 20.8. The molecule has 0 aromatic heterocycles. The number of aliphatic hydroxyl groups excluding tert-OH is 4. The number of hydrogen-bond donors (Lipinski definition) is 5. The summed E-state index contributed by atoms with van der Waals surface area (Å²) in [7, 11) is 0. The fourth-order valence-electron chi connectivity index (χ4n) is 6.65. The number of carbonyl (C=O) groups is 1. The maximum atomic E-state index is 12.5. The van der Waals surface area contributed by atoms with Crippen molar-refractivity contribution in [2.75, 3.05) is 6.61 Å². The number of unbranched alkanes of at least 4 members (excludes halogenated alkanes) is 26. The molecule has 0 radical (unpaired) electrons. The van der Waals surface area contributed by atoms with E-state index in [1.54, 1.807) is 0 Å². The first kappa shape index (κ1) is 46.3. The van der Waals surface area contributed by atoms with Gasteiger partial charge in [-0.05, 0) is 18.8 Å². The van der Waals surface area contributed by atoms with Crippen molar-refractivity contribution in [1.82, 2.24) is 5.32 Å². The van der Waals surface area contributed by atoms with Crippen molar-refractivity contribution in [2.45, 2.75) is 244 Å². The van der Waals surface area contributed by atoms with Crippen LogP contribution in [0.2, 0.25) is 0 Å². The predicted octanol–water partition coefficient (Wildman–Crippen LogP) is 10.3. The third kappa shape index (κ3) is 31.1. The molecule has 0 aromatic carbocycles. The number of aliphatic hydroxyl groups is 4. The monoisotopic (exact) mass is 670 g/mol. The summed E-state index contributed by atoms with van der Waals surface area (Å²) in [6.07, 6.45) is 34.2. The van der Waals surface area contributed by atoms with Gasteiger partial charge in [0.25, 0.3) is 0 Å². The van der Waals surface area contributed by atoms with Crippen LogP contribution < -0.4 is 5.32 Å². The van der Waals surface area contributed by atoms with E-state index in [4.69, 9.17) is 0 Å². The average molecular weight is 670 g/mol. The molecule has 0 aromatic rings. The van der Waals surface area contributed by atoms with E-state index in [1.807, 2.05) is 0 Å². The van der Waals surface area contributed by atoms with Crippen LogP contribution in [0.3, 0.4) is 0 Å². The van der Waals surface area contributed by atoms with E-state index >= 15 is 0 Å². The van der Waals surface area contributed by atoms with Gasteiger partial charge in [0.15, 0.2) is 0 Å². The van der Waals surface area contributed by atoms with Crippen molar-refractivity contribution in [3.63, 3.8) is 0 Å². The van der Waals surface area contributed by atoms with E-state index in [9.17, 15) is 25.2 Å². The van der Waals surface area contributed by atoms with Gasteiger partial charge >= 0.3 is 0 Å². The first-order chi connectivity index (χ1) is 22.8. The Balaban J connectivity index is 3.67. The molecule has 0 heterocycles. The zero-order valence-electron chi connectivity index (χ0n) is 31.7. The zero-order chi connectivity index (χ0) is 34.8. The molecule has 1 amide bonds. The van der Waals surface area contributed by atoms with Crippen LogP contribution in [0.1, 0.15) is 220 Å². The molecule has 0 unspecified atom stereocenters. The maximum Gasteiger partial charge on any atom is 0.249 e. The summed E-state index contributed by atoms with van der Waals surface area (Å²) in [4.78, 5) is 12.5. The van der Waals surface area contributed by atoms with E-state index in [1.165, 1.54) is 148 Å². The molecule has 5 N–H and O–H groups in total. The summed E-state index contributed by atoms with van der Waals surface area (Å²) in [5.74, 6) is 0.276. The van der Waals surface area contributed by atoms with E-state index in [0.29, 0.717) is 12.8 Å². The van der Waals surface area contributed by atoms with Gasteiger partial charge in [0, 0.05) is 0 Å². The molecular formula is C41H83NO5. The standard InChI is InChI=1S/C41H83NO5/c1-4-5-6-7-8-9-21-24-27-30-33-38(44)40(46)37(35-43)42-41(47)39(45)34-31-28-25-22-19-17-15-13-11-10-12-14-16-18-20-23-26-29-32-36(2)3/h36-40,43-46H,4-35H2,1-3H3,(H,42,47)/t37-,38+,39+,40-/m0/s1. The van der Waals surface area contributed by atoms with Gasteiger partial charge in [-0.15, -0.1) is 0 Å². The Kier molecular flexibility index (Phi) is 34.6. The van der Waals surface area contributed by atoms with Gasteiger partial charge in [-0.1, -0.05) is 207 Å². The van der Waals surface area contributed by atoms with E-state index in [-0.39, 0.29) is 0 Å². The Bertz CT molecular complexity index is 645. The maximum absolute atomic E-state index is 12.5. The summed E-state index contributed by atoms with van der Waals surface area (Å²) in [6.45, 7) is 6.40. The Morgan fingerprint density at radius 2 is 0.809 bits per heavy atom. The smallest absolute Gasteiger partial charge is 0.249 e. The van der Waals surface area contributed by atoms with E-state index < -0.39 is 36.9 Å². The van der Waals surface area contributed by atoms with Gasteiger partial charge < -0.3 is 25.7 Å². The molecule has 6 heteroatoms. The van der Waals surface area contributed by atoms with Gasteiger partial charge in [0.05, 0.1) is 18.8 Å². The van der Waals surface area contributed by atoms with Crippen LogP contribution in [0, 0.1) is 5.92 Å². The highest BCUT2D eigenvalue weighted by atomic mass is 16.3. The minimum atomic E-state index is -1.25. The lowest BCUT2D eigenvalue weighted by molar-refractivity contribution is -0.132. The molecule has 0 bridgehead atoms. The zero-order valence-corrected chi connectivity index (χ0v) is 31.7. The van der Waals surface area contributed by atoms with Crippen LogP contribution in [-0.2, 0) is 4.79 Å². The van der Waals surface area contributed by atoms with Gasteiger partial charge in [-0.25, -0.2) is 0 Å². The van der Waals surface area contributed by atoms with E-state index in [2.05, 4.69) is 26.1 Å². The lowest BCUT2D eigenvalue weighted by Gasteiger charge is -2.27. The minimum absolute atomic E-state index is 0.375. The molecule has 0 aliphatic rings. The fraction of sp³-hybridized carbons (Fsp3) is 0.976. The number of amides is 1. The van der Waals surface area contributed by atoms with Gasteiger partial charge in [-0.2, -0.15) is 0 Å². The molecule has 0 spiro atoms. The largest absolute Gasteiger partial charge is 0.394 e. The summed E-state index contributed by atoms with van der Waals surface area (Å²) < 4.78 is 0. The van der Waals surface area contributed by atoms with Crippen LogP contribution in [0.25, 0.3) is 0 Å². The van der Waals surface area contributed by atoms with Crippen molar-refractivity contribution in [3.8, 4) is 0 Å². The normalized spacial score (nSPS) is 14.4. The molecule has 4 atom stereocenters. The number of nitrogens with one attached hydrogen (secondary N) is 1. The molecule has 0 aliphatic carbocycles. The molecule has 0 aliphatic heterocycles. The molecule has 0 rings (SSSR count). The van der Waals surface area contributed by atoms with Crippen LogP contribution in [0.4, 0.5) is 0 Å². The van der Waals surface area contributed by atoms with Crippen molar-refractivity contribution >= 4 is 5.91 Å². The summed E-state index contributed by atoms with van der Waals surface area (Å²) in [5.41, 5.74) is 0. The molecule has 47 heavy (non-hydrogen) atoms. The summed E-state index contributed by atoms with van der Waals surface area (Å²) in [5, 5.41) is 43.5. The Morgan fingerprint density at radius 3 is 1.15 bits per heavy atom. The number of rotatable bonds is 37. The predicted molar refractivity (Wildman–Crippen MR) is 201 cm³/mol. The number of carbonyl (C=O) groups excluding carboxylic acids is 1. The van der Waals surface area contributed by atoms with Gasteiger partial charge in [0.2, 0.25) is 5.91 Å². The van der Waals surface area contributed by atoms with Gasteiger partial charge in [0.1, 0.15) is 12.2 Å². The summed E-state index contributed by atoms with van der Waals surface area (Å²) >= 11 is 0. The van der Waals surface area contributed by atoms with Crippen LogP contribution in [-0.4, -0.2) is 57.3 Å². The Hall–Kier alpha value is -0.690. The molecular weight excluding hydrogens is 586 g/mol. The fourth-order valence-corrected chi connectivity index (χ4v) is 6.65. The highest BCUT2D eigenvalue weighted by Crippen LogP contribution is 2.17. The topological polar surface area (TPSA) is 110 Å². The van der Waals surface area contributed by atoms with Crippen LogP contribution in [0.15, 0.2) is 0 Å². The van der Waals surface area contributed by atoms with Crippen molar-refractivity contribution in [3.05, 3.63) is 0 Å². The minimum Gasteiger partial charge on any atom is -0.394 e. The molecule has 0 fully saturated rings. The van der Waals surface area contributed by atoms with Crippen LogP contribution in [0.5, 0.6) is 0 Å². The highest BCUT2D eigenvalue weighted by molar-refractivity contribution is 5.80. The second-order valence-electron chi connectivity index (χ2n) is 15.2. The summed E-state index contributed by atoms with van der Waals surface area (Å²) in [6, 6.07) is -0.977. The Labute approximate surface area is 292 Å².